The van der Waals surface area contributed by atoms with Gasteiger partial charge >= 0.3 is 5.97 Å². The van der Waals surface area contributed by atoms with Crippen molar-refractivity contribution in [2.45, 2.75) is 20.5 Å². The van der Waals surface area contributed by atoms with E-state index in [-0.39, 0.29) is 49.9 Å². The van der Waals surface area contributed by atoms with Crippen LogP contribution in [0.3, 0.4) is 0 Å². The molecule has 0 unspecified atom stereocenters. The number of hydrogen-bond donors (Lipinski definition) is 2. The molecule has 1 aromatic carbocycles. The summed E-state index contributed by atoms with van der Waals surface area (Å²) in [5, 5.41) is 7.10. The minimum absolute atomic E-state index is 0. The van der Waals surface area contributed by atoms with Gasteiger partial charge in [-0.15, -0.1) is 0 Å². The number of nitrogens with two attached hydrogens (primary N) is 1. The van der Waals surface area contributed by atoms with Crippen LogP contribution < -0.4 is 10.6 Å². The van der Waals surface area contributed by atoms with E-state index in [2.05, 4.69) is 9.97 Å². The molecule has 0 bridgehead atoms. The van der Waals surface area contributed by atoms with Gasteiger partial charge in [-0.05, 0) is 0 Å². The van der Waals surface area contributed by atoms with Gasteiger partial charge in [0.15, 0.2) is 0 Å². The number of amides is 1. The SMILES string of the molecule is C.COCC(=O)N1CCN(c2ncc(-c3cccc(COC(=O)CC(=N)N)c3F)cn2)CC1. The first kappa shape index (κ1) is 25.7. The molecule has 3 N–H and O–H groups in total. The molecule has 10 nitrogen and oxygen atoms in total. The van der Waals surface area contributed by atoms with Crippen LogP contribution in [0.5, 0.6) is 0 Å². The Morgan fingerprint density at radius 1 is 1.18 bits per heavy atom. The number of methoxy groups -OCH3 is 1. The summed E-state index contributed by atoms with van der Waals surface area (Å²) in [6.07, 6.45) is 2.73. The van der Waals surface area contributed by atoms with Gasteiger partial charge in [-0.2, -0.15) is 0 Å². The van der Waals surface area contributed by atoms with E-state index in [1.807, 2.05) is 4.90 Å². The lowest BCUT2D eigenvalue weighted by Crippen LogP contribution is -2.50. The third kappa shape index (κ3) is 6.69. The molecule has 1 saturated heterocycles. The Bertz CT molecular complexity index is 977. The van der Waals surface area contributed by atoms with Crippen molar-refractivity contribution in [3.63, 3.8) is 0 Å². The van der Waals surface area contributed by atoms with Crippen molar-refractivity contribution in [1.82, 2.24) is 14.9 Å². The zero-order chi connectivity index (χ0) is 23.1. The minimum Gasteiger partial charge on any atom is -0.460 e. The van der Waals surface area contributed by atoms with E-state index in [0.29, 0.717) is 37.7 Å². The number of ether oxygens (including phenoxy) is 2. The Kier molecular flexibility index (Phi) is 9.22. The molecule has 1 aliphatic rings. The third-order valence-corrected chi connectivity index (χ3v) is 4.93. The maximum atomic E-state index is 14.9. The number of carbonyl (C=O) groups is 2. The van der Waals surface area contributed by atoms with E-state index in [1.54, 1.807) is 17.0 Å². The van der Waals surface area contributed by atoms with E-state index in [0.717, 1.165) is 0 Å². The molecule has 2 aromatic rings. The van der Waals surface area contributed by atoms with Crippen LogP contribution in [0.2, 0.25) is 0 Å². The number of rotatable bonds is 8. The summed E-state index contributed by atoms with van der Waals surface area (Å²) in [7, 11) is 1.49. The van der Waals surface area contributed by atoms with E-state index in [1.165, 1.54) is 25.6 Å². The third-order valence-electron chi connectivity index (χ3n) is 4.93. The highest BCUT2D eigenvalue weighted by Gasteiger charge is 2.22. The number of nitrogens with zero attached hydrogens (tertiary/aromatic N) is 4. The normalized spacial score (nSPS) is 13.3. The molecule has 11 heteroatoms. The van der Waals surface area contributed by atoms with Crippen LogP contribution in [0, 0.1) is 11.2 Å². The number of aromatic nitrogens is 2. The van der Waals surface area contributed by atoms with Gasteiger partial charge in [0.1, 0.15) is 31.3 Å². The maximum Gasteiger partial charge on any atom is 0.313 e. The van der Waals surface area contributed by atoms with Gasteiger partial charge in [0, 0.05) is 62.4 Å². The van der Waals surface area contributed by atoms with Gasteiger partial charge < -0.3 is 25.0 Å². The van der Waals surface area contributed by atoms with Crippen LogP contribution in [0.25, 0.3) is 11.1 Å². The van der Waals surface area contributed by atoms with Gasteiger partial charge in [0.2, 0.25) is 11.9 Å². The summed E-state index contributed by atoms with van der Waals surface area (Å²) < 4.78 is 24.8. The average Bonchev–Trinajstić information content (AvgIpc) is 2.78. The van der Waals surface area contributed by atoms with Crippen molar-refractivity contribution in [3.8, 4) is 11.1 Å². The van der Waals surface area contributed by atoms with E-state index < -0.39 is 11.8 Å². The van der Waals surface area contributed by atoms with Crippen molar-refractivity contribution >= 4 is 23.7 Å². The van der Waals surface area contributed by atoms with Crippen LogP contribution in [-0.4, -0.2) is 72.5 Å². The summed E-state index contributed by atoms with van der Waals surface area (Å²) in [5.74, 6) is -1.10. The van der Waals surface area contributed by atoms with Gasteiger partial charge in [0.05, 0.1) is 0 Å². The number of amidine groups is 1. The Morgan fingerprint density at radius 2 is 1.85 bits per heavy atom. The topological polar surface area (TPSA) is 135 Å². The fraction of sp³-hybridized carbons (Fsp3) is 0.409. The highest BCUT2D eigenvalue weighted by atomic mass is 19.1. The molecule has 0 atom stereocenters. The smallest absolute Gasteiger partial charge is 0.313 e. The molecule has 1 aromatic heterocycles. The van der Waals surface area contributed by atoms with Crippen LogP contribution >= 0.6 is 0 Å². The number of carbonyl (C=O) groups excluding carboxylic acids is 2. The first-order valence-corrected chi connectivity index (χ1v) is 9.99. The van der Waals surface area contributed by atoms with Crippen molar-refractivity contribution in [2.75, 3.05) is 44.8 Å². The molecule has 3 rings (SSSR count). The fourth-order valence-corrected chi connectivity index (χ4v) is 3.27. The van der Waals surface area contributed by atoms with Gasteiger partial charge in [-0.3, -0.25) is 15.0 Å². The van der Waals surface area contributed by atoms with E-state index >= 15 is 0 Å². The molecular formula is C22H29FN6O4. The molecule has 1 aliphatic heterocycles. The summed E-state index contributed by atoms with van der Waals surface area (Å²) >= 11 is 0. The van der Waals surface area contributed by atoms with Gasteiger partial charge in [0.25, 0.3) is 0 Å². The molecule has 0 radical (unpaired) electrons. The summed E-state index contributed by atoms with van der Waals surface area (Å²) in [6.45, 7) is 2.07. The van der Waals surface area contributed by atoms with Crippen LogP contribution in [0.15, 0.2) is 30.6 Å². The number of anilines is 1. The van der Waals surface area contributed by atoms with Crippen LogP contribution in [0.4, 0.5) is 10.3 Å². The first-order chi connectivity index (χ1) is 15.4. The molecule has 0 aliphatic carbocycles. The largest absolute Gasteiger partial charge is 0.460 e. The minimum atomic E-state index is -0.695. The summed E-state index contributed by atoms with van der Waals surface area (Å²) in [5.41, 5.74) is 6.12. The predicted molar refractivity (Wildman–Crippen MR) is 121 cm³/mol. The number of nitrogens with one attached hydrogen (secondary N) is 1. The maximum absolute atomic E-state index is 14.9. The number of piperazine rings is 1. The van der Waals surface area contributed by atoms with Gasteiger partial charge in [-0.1, -0.05) is 25.6 Å². The number of hydrogen-bond acceptors (Lipinski definition) is 8. The zero-order valence-corrected chi connectivity index (χ0v) is 17.7. The van der Waals surface area contributed by atoms with Crippen LogP contribution in [0.1, 0.15) is 19.4 Å². The fourth-order valence-electron chi connectivity index (χ4n) is 3.27. The Balaban J connectivity index is 0.00000385. The lowest BCUT2D eigenvalue weighted by atomic mass is 10.1. The molecule has 33 heavy (non-hydrogen) atoms. The van der Waals surface area contributed by atoms with Crippen molar-refractivity contribution in [1.29, 1.82) is 5.41 Å². The highest BCUT2D eigenvalue weighted by molar-refractivity contribution is 5.94. The second kappa shape index (κ2) is 11.9. The number of esters is 1. The van der Waals surface area contributed by atoms with Crippen LogP contribution in [-0.2, 0) is 25.7 Å². The molecule has 178 valence electrons. The summed E-state index contributed by atoms with van der Waals surface area (Å²) in [6, 6.07) is 4.75. The predicted octanol–water partition coefficient (Wildman–Crippen LogP) is 1.58. The van der Waals surface area contributed by atoms with Crippen molar-refractivity contribution < 1.29 is 23.5 Å². The van der Waals surface area contributed by atoms with Crippen molar-refractivity contribution in [3.05, 3.63) is 42.0 Å². The molecule has 1 amide bonds. The van der Waals surface area contributed by atoms with E-state index in [4.69, 9.17) is 20.6 Å². The molecule has 2 heterocycles. The van der Waals surface area contributed by atoms with Crippen molar-refractivity contribution in [2.24, 2.45) is 5.73 Å². The Morgan fingerprint density at radius 3 is 2.45 bits per heavy atom. The highest BCUT2D eigenvalue weighted by Crippen LogP contribution is 2.25. The molecular weight excluding hydrogens is 431 g/mol. The molecule has 0 spiro atoms. The second-order valence-corrected chi connectivity index (χ2v) is 7.21. The zero-order valence-electron chi connectivity index (χ0n) is 17.7. The van der Waals surface area contributed by atoms with E-state index in [9.17, 15) is 14.0 Å². The Hall–Kier alpha value is -3.60. The van der Waals surface area contributed by atoms with Gasteiger partial charge in [-0.25, -0.2) is 14.4 Å². The average molecular weight is 461 g/mol. The number of halogens is 1. The molecule has 1 fully saturated rings. The number of benzene rings is 1. The quantitative estimate of drug-likeness (QED) is 0.344. The Labute approximate surface area is 192 Å². The second-order valence-electron chi connectivity index (χ2n) is 7.21. The standard InChI is InChI=1S/C21H25FN6O4.CH4/c1-31-13-18(29)27-5-7-28(8-6-27)21-25-10-15(11-26-21)16-4-2-3-14(20(16)22)12-32-19(30)9-17(23)24;/h2-4,10-11H,5-9,12-13H2,1H3,(H3,23,24);1H4. The first-order valence-electron chi connectivity index (χ1n) is 9.99. The lowest BCUT2D eigenvalue weighted by Gasteiger charge is -2.34. The lowest BCUT2D eigenvalue weighted by molar-refractivity contribution is -0.143. The molecule has 0 saturated carbocycles. The summed E-state index contributed by atoms with van der Waals surface area (Å²) in [4.78, 5) is 35.9. The monoisotopic (exact) mass is 460 g/mol.